The average molecular weight is 271 g/mol. The molecule has 0 bridgehead atoms. The monoisotopic (exact) mass is 271 g/mol. The van der Waals surface area contributed by atoms with Crippen molar-refractivity contribution in [3.05, 3.63) is 42.5 Å². The molecule has 0 fully saturated rings. The predicted molar refractivity (Wildman–Crippen MR) is 81.3 cm³/mol. The fraction of sp³-hybridized carbons (Fsp3) is 0.353. The quantitative estimate of drug-likeness (QED) is 0.537. The molecule has 1 aromatic carbocycles. The highest BCUT2D eigenvalue weighted by Crippen LogP contribution is 2.15. The number of hydrogen-bond acceptors (Lipinski definition) is 2. The van der Waals surface area contributed by atoms with E-state index in [1.807, 2.05) is 31.2 Å². The number of ether oxygens (including phenoxy) is 1. The summed E-state index contributed by atoms with van der Waals surface area (Å²) in [5.74, 6) is 3.36. The molecule has 0 saturated carbocycles. The summed E-state index contributed by atoms with van der Waals surface area (Å²) in [6.07, 6.45) is 7.76. The molecule has 0 aliphatic heterocycles. The van der Waals surface area contributed by atoms with Crippen LogP contribution in [-0.2, 0) is 11.3 Å². The molecule has 0 N–H and O–H groups in total. The molecule has 0 aliphatic carbocycles. The third kappa shape index (κ3) is 5.19. The Labute approximate surface area is 121 Å². The van der Waals surface area contributed by atoms with Crippen LogP contribution < -0.4 is 4.74 Å². The van der Waals surface area contributed by atoms with Crippen LogP contribution in [-0.4, -0.2) is 24.0 Å². The first-order valence-electron chi connectivity index (χ1n) is 6.75. The Morgan fingerprint density at radius 2 is 2.35 bits per heavy atom. The van der Waals surface area contributed by atoms with E-state index in [4.69, 9.17) is 11.2 Å². The highest BCUT2D eigenvalue weighted by molar-refractivity contribution is 5.76. The Kier molecular flexibility index (Phi) is 6.99. The normalized spacial score (nSPS) is 9.60. The number of carbonyl (C=O) groups excluding carboxylic acids is 1. The lowest BCUT2D eigenvalue weighted by atomic mass is 10.2. The minimum atomic E-state index is 0.0460. The molecule has 0 saturated heterocycles. The van der Waals surface area contributed by atoms with Crippen LogP contribution in [0, 0.1) is 12.3 Å². The van der Waals surface area contributed by atoms with Gasteiger partial charge in [0.15, 0.2) is 0 Å². The molecular weight excluding hydrogens is 250 g/mol. The Hall–Kier alpha value is -2.21. The van der Waals surface area contributed by atoms with Crippen LogP contribution >= 0.6 is 0 Å². The number of carbonyl (C=O) groups is 1. The molecule has 1 amide bonds. The van der Waals surface area contributed by atoms with E-state index < -0.39 is 0 Å². The summed E-state index contributed by atoms with van der Waals surface area (Å²) in [5, 5.41) is 0. The highest BCUT2D eigenvalue weighted by Gasteiger charge is 2.12. The summed E-state index contributed by atoms with van der Waals surface area (Å²) in [7, 11) is 0. The molecular formula is C17H21NO2. The molecule has 3 heteroatoms. The second kappa shape index (κ2) is 8.82. The number of amides is 1. The molecule has 1 rings (SSSR count). The molecule has 1 aromatic rings. The SMILES string of the molecule is C#CCCC(=O)N(CC=C)Cc1cccc(OCC)c1. The highest BCUT2D eigenvalue weighted by atomic mass is 16.5. The molecule has 0 atom stereocenters. The zero-order valence-corrected chi connectivity index (χ0v) is 12.0. The second-order valence-electron chi connectivity index (χ2n) is 4.35. The Morgan fingerprint density at radius 3 is 3.00 bits per heavy atom. The number of terminal acetylenes is 1. The number of rotatable bonds is 8. The summed E-state index contributed by atoms with van der Waals surface area (Å²) >= 11 is 0. The van der Waals surface area contributed by atoms with Crippen molar-refractivity contribution in [2.45, 2.75) is 26.3 Å². The minimum Gasteiger partial charge on any atom is -0.494 e. The van der Waals surface area contributed by atoms with Crippen LogP contribution in [0.4, 0.5) is 0 Å². The van der Waals surface area contributed by atoms with Gasteiger partial charge in [-0.15, -0.1) is 18.9 Å². The predicted octanol–water partition coefficient (Wildman–Crippen LogP) is 3.01. The molecule has 0 radical (unpaired) electrons. The van der Waals surface area contributed by atoms with Gasteiger partial charge < -0.3 is 9.64 Å². The van der Waals surface area contributed by atoms with Crippen LogP contribution in [0.5, 0.6) is 5.75 Å². The maximum Gasteiger partial charge on any atom is 0.224 e. The lowest BCUT2D eigenvalue weighted by Gasteiger charge is -2.21. The van der Waals surface area contributed by atoms with E-state index in [2.05, 4.69) is 12.5 Å². The molecule has 20 heavy (non-hydrogen) atoms. The van der Waals surface area contributed by atoms with Crippen molar-refractivity contribution < 1.29 is 9.53 Å². The van der Waals surface area contributed by atoms with E-state index in [0.29, 0.717) is 32.5 Å². The third-order valence-corrected chi connectivity index (χ3v) is 2.77. The van der Waals surface area contributed by atoms with E-state index in [1.165, 1.54) is 0 Å². The molecule has 0 aliphatic rings. The van der Waals surface area contributed by atoms with Gasteiger partial charge >= 0.3 is 0 Å². The minimum absolute atomic E-state index is 0.0460. The van der Waals surface area contributed by atoms with E-state index in [0.717, 1.165) is 11.3 Å². The summed E-state index contributed by atoms with van der Waals surface area (Å²) in [6, 6.07) is 7.77. The van der Waals surface area contributed by atoms with Crippen molar-refractivity contribution in [3.8, 4) is 18.1 Å². The van der Waals surface area contributed by atoms with Gasteiger partial charge in [0, 0.05) is 25.9 Å². The summed E-state index contributed by atoms with van der Waals surface area (Å²) in [4.78, 5) is 13.8. The second-order valence-corrected chi connectivity index (χ2v) is 4.35. The van der Waals surface area contributed by atoms with E-state index >= 15 is 0 Å². The third-order valence-electron chi connectivity index (χ3n) is 2.77. The van der Waals surface area contributed by atoms with Crippen molar-refractivity contribution in [3.63, 3.8) is 0 Å². The first-order chi connectivity index (χ1) is 9.71. The van der Waals surface area contributed by atoms with Gasteiger partial charge in [-0.25, -0.2) is 0 Å². The van der Waals surface area contributed by atoms with Gasteiger partial charge in [0.2, 0.25) is 5.91 Å². The van der Waals surface area contributed by atoms with Gasteiger partial charge in [0.05, 0.1) is 6.61 Å². The molecule has 0 aromatic heterocycles. The Morgan fingerprint density at radius 1 is 1.55 bits per heavy atom. The van der Waals surface area contributed by atoms with Crippen molar-refractivity contribution in [2.75, 3.05) is 13.2 Å². The zero-order valence-electron chi connectivity index (χ0n) is 12.0. The van der Waals surface area contributed by atoms with Crippen LogP contribution in [0.2, 0.25) is 0 Å². The molecule has 0 unspecified atom stereocenters. The Bertz CT molecular complexity index is 488. The van der Waals surface area contributed by atoms with Gasteiger partial charge in [-0.1, -0.05) is 18.2 Å². The Balaban J connectivity index is 2.74. The van der Waals surface area contributed by atoms with Crippen LogP contribution in [0.25, 0.3) is 0 Å². The molecule has 3 nitrogen and oxygen atoms in total. The van der Waals surface area contributed by atoms with Gasteiger partial charge in [-0.3, -0.25) is 4.79 Å². The first-order valence-corrected chi connectivity index (χ1v) is 6.75. The van der Waals surface area contributed by atoms with E-state index in [1.54, 1.807) is 11.0 Å². The maximum atomic E-state index is 12.1. The molecule has 0 spiro atoms. The van der Waals surface area contributed by atoms with Crippen molar-refractivity contribution >= 4 is 5.91 Å². The van der Waals surface area contributed by atoms with Crippen molar-refractivity contribution in [2.24, 2.45) is 0 Å². The van der Waals surface area contributed by atoms with Crippen LogP contribution in [0.1, 0.15) is 25.3 Å². The molecule has 106 valence electrons. The van der Waals surface area contributed by atoms with Gasteiger partial charge in [0.1, 0.15) is 5.75 Å². The topological polar surface area (TPSA) is 29.5 Å². The lowest BCUT2D eigenvalue weighted by Crippen LogP contribution is -2.30. The zero-order chi connectivity index (χ0) is 14.8. The van der Waals surface area contributed by atoms with Crippen molar-refractivity contribution in [1.29, 1.82) is 0 Å². The van der Waals surface area contributed by atoms with Crippen LogP contribution in [0.15, 0.2) is 36.9 Å². The fourth-order valence-corrected chi connectivity index (χ4v) is 1.87. The largest absolute Gasteiger partial charge is 0.494 e. The maximum absolute atomic E-state index is 12.1. The van der Waals surface area contributed by atoms with Crippen LogP contribution in [0.3, 0.4) is 0 Å². The summed E-state index contributed by atoms with van der Waals surface area (Å²) < 4.78 is 5.46. The van der Waals surface area contributed by atoms with E-state index in [9.17, 15) is 4.79 Å². The number of benzene rings is 1. The standard InChI is InChI=1S/C17H21NO2/c1-4-7-11-17(19)18(12-5-2)14-15-9-8-10-16(13-15)20-6-3/h1,5,8-10,13H,2,6-7,11-12,14H2,3H3. The fourth-order valence-electron chi connectivity index (χ4n) is 1.87. The van der Waals surface area contributed by atoms with Gasteiger partial charge in [0.25, 0.3) is 0 Å². The summed E-state index contributed by atoms with van der Waals surface area (Å²) in [5.41, 5.74) is 1.03. The lowest BCUT2D eigenvalue weighted by molar-refractivity contribution is -0.131. The van der Waals surface area contributed by atoms with Gasteiger partial charge in [-0.2, -0.15) is 0 Å². The first kappa shape index (κ1) is 15.8. The van der Waals surface area contributed by atoms with Gasteiger partial charge in [-0.05, 0) is 24.6 Å². The van der Waals surface area contributed by atoms with E-state index in [-0.39, 0.29) is 5.91 Å². The summed E-state index contributed by atoms with van der Waals surface area (Å²) in [6.45, 7) is 7.32. The smallest absolute Gasteiger partial charge is 0.224 e. The number of nitrogens with zero attached hydrogens (tertiary/aromatic N) is 1. The average Bonchev–Trinajstić information content (AvgIpc) is 2.45. The van der Waals surface area contributed by atoms with Crippen molar-refractivity contribution in [1.82, 2.24) is 4.90 Å². The number of hydrogen-bond donors (Lipinski definition) is 0. The molecule has 0 heterocycles.